The standard InChI is InChI=1S/C22H23NO2/c1-14-10-11-20-19(12-14)17-8-5-9-18(22(24)25)21(17)23(20)13-16-7-4-3-6-15(16)2/h3-9,14H,10-13H2,1-2H3,(H,24,25). The summed E-state index contributed by atoms with van der Waals surface area (Å²) in [6.45, 7) is 5.14. The molecule has 3 heteroatoms. The van der Waals surface area contributed by atoms with E-state index in [1.807, 2.05) is 12.1 Å². The van der Waals surface area contributed by atoms with Crippen LogP contribution in [-0.2, 0) is 19.4 Å². The highest BCUT2D eigenvalue weighted by molar-refractivity contribution is 6.04. The van der Waals surface area contributed by atoms with Crippen molar-refractivity contribution in [3.05, 3.63) is 70.4 Å². The Hall–Kier alpha value is -2.55. The van der Waals surface area contributed by atoms with Crippen molar-refractivity contribution in [2.45, 2.75) is 39.7 Å². The molecule has 0 saturated carbocycles. The van der Waals surface area contributed by atoms with Gasteiger partial charge < -0.3 is 9.67 Å². The first-order valence-electron chi connectivity index (χ1n) is 8.97. The average molecular weight is 333 g/mol. The van der Waals surface area contributed by atoms with Crippen molar-refractivity contribution in [2.24, 2.45) is 5.92 Å². The third-order valence-electron chi connectivity index (χ3n) is 5.55. The summed E-state index contributed by atoms with van der Waals surface area (Å²) in [5.41, 5.74) is 6.47. The minimum absolute atomic E-state index is 0.410. The van der Waals surface area contributed by atoms with Gasteiger partial charge in [-0.1, -0.05) is 43.3 Å². The Morgan fingerprint density at radius 2 is 2.00 bits per heavy atom. The fourth-order valence-corrected chi connectivity index (χ4v) is 4.18. The van der Waals surface area contributed by atoms with Gasteiger partial charge in [0, 0.05) is 17.6 Å². The number of benzene rings is 2. The summed E-state index contributed by atoms with van der Waals surface area (Å²) in [7, 11) is 0. The first-order valence-corrected chi connectivity index (χ1v) is 8.97. The Bertz CT molecular complexity index is 968. The molecule has 1 atom stereocenters. The second kappa shape index (κ2) is 6.07. The molecule has 0 radical (unpaired) electrons. The summed E-state index contributed by atoms with van der Waals surface area (Å²) in [6, 6.07) is 14.1. The van der Waals surface area contributed by atoms with Crippen molar-refractivity contribution >= 4 is 16.9 Å². The Labute approximate surface area is 147 Å². The number of fused-ring (bicyclic) bond motifs is 3. The molecule has 1 N–H and O–H groups in total. The van der Waals surface area contributed by atoms with E-state index in [1.54, 1.807) is 6.07 Å². The summed E-state index contributed by atoms with van der Waals surface area (Å²) in [5.74, 6) is -0.196. The van der Waals surface area contributed by atoms with Gasteiger partial charge in [-0.2, -0.15) is 0 Å². The topological polar surface area (TPSA) is 42.2 Å². The highest BCUT2D eigenvalue weighted by Gasteiger charge is 2.26. The third kappa shape index (κ3) is 2.64. The van der Waals surface area contributed by atoms with Crippen molar-refractivity contribution in [2.75, 3.05) is 0 Å². The van der Waals surface area contributed by atoms with Gasteiger partial charge in [-0.05, 0) is 54.9 Å². The molecule has 0 aliphatic heterocycles. The van der Waals surface area contributed by atoms with Gasteiger partial charge in [-0.25, -0.2) is 4.79 Å². The van der Waals surface area contributed by atoms with Crippen LogP contribution < -0.4 is 0 Å². The molecule has 0 saturated heterocycles. The lowest BCUT2D eigenvalue weighted by molar-refractivity contribution is 0.0698. The van der Waals surface area contributed by atoms with E-state index < -0.39 is 5.97 Å². The predicted molar refractivity (Wildman–Crippen MR) is 100 cm³/mol. The van der Waals surface area contributed by atoms with Crippen LogP contribution >= 0.6 is 0 Å². The van der Waals surface area contributed by atoms with E-state index in [-0.39, 0.29) is 0 Å². The Kier molecular flexibility index (Phi) is 3.87. The van der Waals surface area contributed by atoms with Crippen LogP contribution in [-0.4, -0.2) is 15.6 Å². The molecule has 4 rings (SSSR count). The molecule has 1 aromatic heterocycles. The van der Waals surface area contributed by atoms with Crippen molar-refractivity contribution in [3.8, 4) is 0 Å². The SMILES string of the molecule is Cc1ccccc1Cn1c2c(c3cccc(C(=O)O)c31)CC(C)CC2. The van der Waals surface area contributed by atoms with E-state index in [0.717, 1.165) is 30.3 Å². The van der Waals surface area contributed by atoms with Crippen LogP contribution in [0.15, 0.2) is 42.5 Å². The maximum Gasteiger partial charge on any atom is 0.337 e. The summed E-state index contributed by atoms with van der Waals surface area (Å²) >= 11 is 0. The van der Waals surface area contributed by atoms with Crippen molar-refractivity contribution in [1.82, 2.24) is 4.57 Å². The second-order valence-corrected chi connectivity index (χ2v) is 7.29. The Morgan fingerprint density at radius 1 is 1.20 bits per heavy atom. The number of carboxylic acid groups (broad SMARTS) is 1. The Balaban J connectivity index is 1.98. The van der Waals surface area contributed by atoms with Crippen molar-refractivity contribution < 1.29 is 9.90 Å². The fourth-order valence-electron chi connectivity index (χ4n) is 4.18. The maximum absolute atomic E-state index is 11.9. The van der Waals surface area contributed by atoms with E-state index in [2.05, 4.69) is 42.7 Å². The average Bonchev–Trinajstić information content (AvgIpc) is 2.90. The second-order valence-electron chi connectivity index (χ2n) is 7.29. The number of para-hydroxylation sites is 1. The van der Waals surface area contributed by atoms with Crippen molar-refractivity contribution in [3.63, 3.8) is 0 Å². The number of aromatic nitrogens is 1. The molecule has 1 aliphatic rings. The van der Waals surface area contributed by atoms with Gasteiger partial charge >= 0.3 is 5.97 Å². The molecule has 0 spiro atoms. The predicted octanol–water partition coefficient (Wildman–Crippen LogP) is 4.82. The van der Waals surface area contributed by atoms with Crippen LogP contribution in [0.25, 0.3) is 10.9 Å². The zero-order chi connectivity index (χ0) is 17.6. The lowest BCUT2D eigenvalue weighted by atomic mass is 9.87. The Morgan fingerprint density at radius 3 is 2.76 bits per heavy atom. The maximum atomic E-state index is 11.9. The van der Waals surface area contributed by atoms with Gasteiger partial charge in [0.25, 0.3) is 0 Å². The van der Waals surface area contributed by atoms with Crippen LogP contribution in [0.2, 0.25) is 0 Å². The lowest BCUT2D eigenvalue weighted by Crippen LogP contribution is -2.15. The monoisotopic (exact) mass is 333 g/mol. The van der Waals surface area contributed by atoms with E-state index >= 15 is 0 Å². The van der Waals surface area contributed by atoms with Gasteiger partial charge in [-0.3, -0.25) is 0 Å². The van der Waals surface area contributed by atoms with Gasteiger partial charge in [0.1, 0.15) is 0 Å². The minimum Gasteiger partial charge on any atom is -0.478 e. The summed E-state index contributed by atoms with van der Waals surface area (Å²) in [6.07, 6.45) is 3.23. The van der Waals surface area contributed by atoms with Crippen LogP contribution in [0.5, 0.6) is 0 Å². The van der Waals surface area contributed by atoms with E-state index in [4.69, 9.17) is 0 Å². The van der Waals surface area contributed by atoms with E-state index in [1.165, 1.54) is 28.8 Å². The fraction of sp³-hybridized carbons (Fsp3) is 0.318. The number of carboxylic acids is 1. The zero-order valence-corrected chi connectivity index (χ0v) is 14.7. The molecule has 0 amide bonds. The normalized spacial score (nSPS) is 16.8. The molecule has 128 valence electrons. The lowest BCUT2D eigenvalue weighted by Gasteiger charge is -2.21. The molecule has 0 bridgehead atoms. The first-order chi connectivity index (χ1) is 12.1. The van der Waals surface area contributed by atoms with Crippen LogP contribution in [0.1, 0.15) is 46.1 Å². The van der Waals surface area contributed by atoms with E-state index in [0.29, 0.717) is 11.5 Å². The number of rotatable bonds is 3. The molecule has 1 heterocycles. The number of carbonyl (C=O) groups is 1. The summed E-state index contributed by atoms with van der Waals surface area (Å²) < 4.78 is 2.27. The number of nitrogens with zero attached hydrogens (tertiary/aromatic N) is 1. The molecule has 1 aliphatic carbocycles. The summed E-state index contributed by atoms with van der Waals surface area (Å²) in [5, 5.41) is 10.8. The van der Waals surface area contributed by atoms with Crippen LogP contribution in [0.3, 0.4) is 0 Å². The molecule has 0 fully saturated rings. The highest BCUT2D eigenvalue weighted by Crippen LogP contribution is 2.36. The number of hydrogen-bond acceptors (Lipinski definition) is 1. The number of aromatic carboxylic acids is 1. The largest absolute Gasteiger partial charge is 0.478 e. The van der Waals surface area contributed by atoms with Gasteiger partial charge in [0.2, 0.25) is 0 Å². The third-order valence-corrected chi connectivity index (χ3v) is 5.55. The van der Waals surface area contributed by atoms with E-state index in [9.17, 15) is 9.90 Å². The molecule has 3 nitrogen and oxygen atoms in total. The van der Waals surface area contributed by atoms with Gasteiger partial charge in [0.15, 0.2) is 0 Å². The van der Waals surface area contributed by atoms with Crippen LogP contribution in [0.4, 0.5) is 0 Å². The smallest absolute Gasteiger partial charge is 0.337 e. The molecule has 1 unspecified atom stereocenters. The summed E-state index contributed by atoms with van der Waals surface area (Å²) in [4.78, 5) is 11.9. The van der Waals surface area contributed by atoms with Crippen LogP contribution in [0, 0.1) is 12.8 Å². The number of aryl methyl sites for hydroxylation is 1. The van der Waals surface area contributed by atoms with Crippen molar-refractivity contribution in [1.29, 1.82) is 0 Å². The molecule has 3 aromatic rings. The highest BCUT2D eigenvalue weighted by atomic mass is 16.4. The number of hydrogen-bond donors (Lipinski definition) is 1. The molecular weight excluding hydrogens is 310 g/mol. The van der Waals surface area contributed by atoms with Gasteiger partial charge in [-0.15, -0.1) is 0 Å². The first kappa shape index (κ1) is 15.9. The minimum atomic E-state index is -0.848. The quantitative estimate of drug-likeness (QED) is 0.746. The zero-order valence-electron chi connectivity index (χ0n) is 14.7. The molecular formula is C22H23NO2. The van der Waals surface area contributed by atoms with Gasteiger partial charge in [0.05, 0.1) is 11.1 Å². The molecule has 2 aromatic carbocycles. The molecule has 25 heavy (non-hydrogen) atoms.